The van der Waals surface area contributed by atoms with Crippen LogP contribution in [0.1, 0.15) is 58.3 Å². The highest BCUT2D eigenvalue weighted by atomic mass is 16.3. The molecule has 1 aromatic heterocycles. The molecule has 0 unspecified atom stereocenters. The zero-order chi connectivity index (χ0) is 11.5. The van der Waals surface area contributed by atoms with E-state index in [-0.39, 0.29) is 0 Å². The Hall–Kier alpha value is -0.920. The number of hydrogen-bond acceptors (Lipinski definition) is 2. The van der Waals surface area contributed by atoms with Gasteiger partial charge in [-0.1, -0.05) is 51.9 Å². The molecule has 0 fully saturated rings. The Kier molecular flexibility index (Phi) is 7.65. The Balaban J connectivity index is 1.78. The van der Waals surface area contributed by atoms with E-state index in [4.69, 9.17) is 4.42 Å². The normalized spacial score (nSPS) is 10.6. The fraction of sp³-hybridized carbons (Fsp3) is 0.714. The average Bonchev–Trinajstić information content (AvgIpc) is 2.80. The second-order valence-electron chi connectivity index (χ2n) is 4.38. The van der Waals surface area contributed by atoms with Crippen molar-refractivity contribution >= 4 is 5.88 Å². The van der Waals surface area contributed by atoms with Crippen LogP contribution in [0.5, 0.6) is 0 Å². The van der Waals surface area contributed by atoms with Crippen molar-refractivity contribution in [1.82, 2.24) is 0 Å². The molecule has 1 aromatic rings. The van der Waals surface area contributed by atoms with E-state index >= 15 is 0 Å². The molecule has 0 aliphatic heterocycles. The van der Waals surface area contributed by atoms with E-state index in [1.807, 2.05) is 12.1 Å². The van der Waals surface area contributed by atoms with Gasteiger partial charge in [0.25, 0.3) is 0 Å². The van der Waals surface area contributed by atoms with Crippen molar-refractivity contribution in [3.63, 3.8) is 0 Å². The van der Waals surface area contributed by atoms with E-state index in [1.54, 1.807) is 6.26 Å². The van der Waals surface area contributed by atoms with Crippen molar-refractivity contribution in [2.45, 2.75) is 58.3 Å². The first-order valence-corrected chi connectivity index (χ1v) is 6.71. The standard InChI is InChI=1S/C14H25NO/c1-2-3-4-5-6-7-8-9-12-15-14-11-10-13-16-14/h10-11,13,15H,2-9,12H2,1H3. The summed E-state index contributed by atoms with van der Waals surface area (Å²) < 4.78 is 5.19. The molecule has 0 aliphatic rings. The maximum absolute atomic E-state index is 5.19. The molecule has 0 saturated heterocycles. The summed E-state index contributed by atoms with van der Waals surface area (Å²) in [7, 11) is 0. The van der Waals surface area contributed by atoms with Crippen molar-refractivity contribution in [2.24, 2.45) is 0 Å². The number of hydrogen-bond donors (Lipinski definition) is 1. The third kappa shape index (κ3) is 6.54. The molecular weight excluding hydrogens is 198 g/mol. The van der Waals surface area contributed by atoms with E-state index in [0.717, 1.165) is 12.4 Å². The lowest BCUT2D eigenvalue weighted by Crippen LogP contribution is -1.99. The first-order valence-electron chi connectivity index (χ1n) is 6.71. The van der Waals surface area contributed by atoms with Gasteiger partial charge in [0.2, 0.25) is 0 Å². The molecule has 0 aliphatic carbocycles. The third-order valence-corrected chi connectivity index (χ3v) is 2.85. The van der Waals surface area contributed by atoms with Crippen molar-refractivity contribution in [1.29, 1.82) is 0 Å². The SMILES string of the molecule is CCCCCCCCCCNc1ccco1. The molecule has 0 radical (unpaired) electrons. The molecule has 16 heavy (non-hydrogen) atoms. The highest BCUT2D eigenvalue weighted by Crippen LogP contribution is 2.10. The predicted octanol–water partition coefficient (Wildman–Crippen LogP) is 4.83. The van der Waals surface area contributed by atoms with Gasteiger partial charge in [-0.15, -0.1) is 0 Å². The molecule has 2 nitrogen and oxygen atoms in total. The van der Waals surface area contributed by atoms with E-state index in [1.165, 1.54) is 51.4 Å². The lowest BCUT2D eigenvalue weighted by atomic mass is 10.1. The minimum Gasteiger partial charge on any atom is -0.449 e. The van der Waals surface area contributed by atoms with Crippen molar-refractivity contribution in [3.05, 3.63) is 18.4 Å². The molecule has 0 bridgehead atoms. The summed E-state index contributed by atoms with van der Waals surface area (Å²) in [6.07, 6.45) is 12.6. The van der Waals surface area contributed by atoms with Crippen molar-refractivity contribution in [2.75, 3.05) is 11.9 Å². The molecule has 1 rings (SSSR count). The zero-order valence-electron chi connectivity index (χ0n) is 10.5. The number of nitrogens with one attached hydrogen (secondary N) is 1. The van der Waals surface area contributed by atoms with Gasteiger partial charge in [0.1, 0.15) is 0 Å². The summed E-state index contributed by atoms with van der Waals surface area (Å²) in [4.78, 5) is 0. The van der Waals surface area contributed by atoms with Gasteiger partial charge in [-0.25, -0.2) is 0 Å². The number of anilines is 1. The van der Waals surface area contributed by atoms with Crippen LogP contribution in [0.4, 0.5) is 5.88 Å². The fourth-order valence-corrected chi connectivity index (χ4v) is 1.85. The number of furan rings is 1. The first-order chi connectivity index (χ1) is 7.93. The third-order valence-electron chi connectivity index (χ3n) is 2.85. The van der Waals surface area contributed by atoms with Gasteiger partial charge >= 0.3 is 0 Å². The average molecular weight is 223 g/mol. The number of unbranched alkanes of at least 4 members (excludes halogenated alkanes) is 7. The van der Waals surface area contributed by atoms with E-state index < -0.39 is 0 Å². The van der Waals surface area contributed by atoms with Crippen LogP contribution in [0.15, 0.2) is 22.8 Å². The quantitative estimate of drug-likeness (QED) is 0.575. The molecule has 2 heteroatoms. The van der Waals surface area contributed by atoms with Gasteiger partial charge in [0.05, 0.1) is 6.26 Å². The molecule has 0 aromatic carbocycles. The maximum Gasteiger partial charge on any atom is 0.192 e. The summed E-state index contributed by atoms with van der Waals surface area (Å²) in [6.45, 7) is 3.29. The Morgan fingerprint density at radius 1 is 1.00 bits per heavy atom. The van der Waals surface area contributed by atoms with Gasteiger partial charge in [-0.3, -0.25) is 0 Å². The molecule has 92 valence electrons. The minimum atomic E-state index is 0.892. The van der Waals surface area contributed by atoms with Crippen LogP contribution in [-0.4, -0.2) is 6.54 Å². The second-order valence-corrected chi connectivity index (χ2v) is 4.38. The van der Waals surface area contributed by atoms with Crippen LogP contribution in [0, 0.1) is 0 Å². The summed E-state index contributed by atoms with van der Waals surface area (Å²) in [6, 6.07) is 3.88. The van der Waals surface area contributed by atoms with Crippen LogP contribution < -0.4 is 5.32 Å². The Labute approximate surface area is 99.4 Å². The lowest BCUT2D eigenvalue weighted by molar-refractivity contribution is 0.565. The Morgan fingerprint density at radius 3 is 2.31 bits per heavy atom. The highest BCUT2D eigenvalue weighted by Gasteiger charge is 1.94. The Bertz CT molecular complexity index is 231. The van der Waals surface area contributed by atoms with Gasteiger partial charge in [-0.2, -0.15) is 0 Å². The van der Waals surface area contributed by atoms with Gasteiger partial charge in [0.15, 0.2) is 5.88 Å². The van der Waals surface area contributed by atoms with Crippen LogP contribution in [0.25, 0.3) is 0 Å². The van der Waals surface area contributed by atoms with E-state index in [2.05, 4.69) is 12.2 Å². The Morgan fingerprint density at radius 2 is 1.69 bits per heavy atom. The van der Waals surface area contributed by atoms with Gasteiger partial charge in [0, 0.05) is 12.6 Å². The molecule has 0 saturated carbocycles. The molecule has 0 atom stereocenters. The lowest BCUT2D eigenvalue weighted by Gasteiger charge is -2.03. The second kappa shape index (κ2) is 9.32. The number of rotatable bonds is 10. The molecular formula is C14H25NO. The summed E-state index contributed by atoms with van der Waals surface area (Å²) in [5.41, 5.74) is 0. The zero-order valence-corrected chi connectivity index (χ0v) is 10.5. The van der Waals surface area contributed by atoms with Crippen LogP contribution in [0.3, 0.4) is 0 Å². The first kappa shape index (κ1) is 13.1. The molecule has 0 amide bonds. The predicted molar refractivity (Wildman–Crippen MR) is 69.8 cm³/mol. The summed E-state index contributed by atoms with van der Waals surface area (Å²) in [5.74, 6) is 0.892. The van der Waals surface area contributed by atoms with E-state index in [0.29, 0.717) is 0 Å². The molecule has 0 spiro atoms. The maximum atomic E-state index is 5.19. The van der Waals surface area contributed by atoms with Crippen molar-refractivity contribution in [3.8, 4) is 0 Å². The van der Waals surface area contributed by atoms with E-state index in [9.17, 15) is 0 Å². The van der Waals surface area contributed by atoms with Crippen LogP contribution in [0.2, 0.25) is 0 Å². The van der Waals surface area contributed by atoms with Gasteiger partial charge < -0.3 is 9.73 Å². The highest BCUT2D eigenvalue weighted by molar-refractivity contribution is 5.29. The summed E-state index contributed by atoms with van der Waals surface area (Å²) >= 11 is 0. The molecule has 1 N–H and O–H groups in total. The smallest absolute Gasteiger partial charge is 0.192 e. The van der Waals surface area contributed by atoms with Gasteiger partial charge in [-0.05, 0) is 12.5 Å². The topological polar surface area (TPSA) is 25.2 Å². The van der Waals surface area contributed by atoms with Crippen LogP contribution in [-0.2, 0) is 0 Å². The monoisotopic (exact) mass is 223 g/mol. The van der Waals surface area contributed by atoms with Crippen LogP contribution >= 0.6 is 0 Å². The summed E-state index contributed by atoms with van der Waals surface area (Å²) in [5, 5.41) is 3.27. The largest absolute Gasteiger partial charge is 0.449 e. The minimum absolute atomic E-state index is 0.892. The molecule has 1 heterocycles. The van der Waals surface area contributed by atoms with Crippen molar-refractivity contribution < 1.29 is 4.42 Å². The fourth-order valence-electron chi connectivity index (χ4n) is 1.85.